The molecule has 0 spiro atoms. The number of hydrogen-bond acceptors (Lipinski definition) is 4. The lowest BCUT2D eigenvalue weighted by Gasteiger charge is -2.17. The fourth-order valence-corrected chi connectivity index (χ4v) is 2.47. The largest absolute Gasteiger partial charge is 0.504 e. The average molecular weight is 517 g/mol. The maximum atomic E-state index is 13.0. The van der Waals surface area contributed by atoms with Crippen LogP contribution in [0, 0.1) is 5.82 Å². The van der Waals surface area contributed by atoms with E-state index in [0.717, 1.165) is 12.1 Å². The van der Waals surface area contributed by atoms with Gasteiger partial charge in [0.05, 0.1) is 19.7 Å². The van der Waals surface area contributed by atoms with E-state index in [1.165, 1.54) is 12.1 Å². The summed E-state index contributed by atoms with van der Waals surface area (Å²) < 4.78 is 24.1. The van der Waals surface area contributed by atoms with Crippen LogP contribution in [-0.4, -0.2) is 36.9 Å². The Kier molecular flexibility index (Phi) is 11.2. The van der Waals surface area contributed by atoms with Gasteiger partial charge in [0.25, 0.3) is 0 Å². The van der Waals surface area contributed by atoms with Crippen molar-refractivity contribution in [2.24, 2.45) is 4.99 Å². The van der Waals surface area contributed by atoms with Crippen LogP contribution in [0.15, 0.2) is 47.5 Å². The molecule has 0 aliphatic carbocycles. The van der Waals surface area contributed by atoms with Gasteiger partial charge in [-0.05, 0) is 62.7 Å². The Morgan fingerprint density at radius 1 is 1.14 bits per heavy atom. The highest BCUT2D eigenvalue weighted by Crippen LogP contribution is 2.27. The normalized spacial score (nSPS) is 11.9. The zero-order valence-corrected chi connectivity index (χ0v) is 19.3. The first-order valence-electron chi connectivity index (χ1n) is 9.40. The van der Waals surface area contributed by atoms with Crippen molar-refractivity contribution in [3.8, 4) is 17.2 Å². The van der Waals surface area contributed by atoms with Gasteiger partial charge in [-0.3, -0.25) is 0 Å². The second-order valence-corrected chi connectivity index (χ2v) is 6.19. The zero-order valence-electron chi connectivity index (χ0n) is 16.9. The highest BCUT2D eigenvalue weighted by molar-refractivity contribution is 14.0. The molecule has 0 heterocycles. The Morgan fingerprint density at radius 3 is 2.52 bits per heavy atom. The molecule has 0 amide bonds. The predicted molar refractivity (Wildman–Crippen MR) is 124 cm³/mol. The van der Waals surface area contributed by atoms with Crippen LogP contribution in [0.4, 0.5) is 4.39 Å². The third kappa shape index (κ3) is 8.76. The molecule has 160 valence electrons. The van der Waals surface area contributed by atoms with Crippen LogP contribution < -0.4 is 20.1 Å². The smallest absolute Gasteiger partial charge is 0.191 e. The SMILES string of the molecule is CCNC(=NCc1ccc(O)c(OCC)c1)NCC(C)Oc1ccc(F)cc1.I. The van der Waals surface area contributed by atoms with E-state index in [-0.39, 0.29) is 41.6 Å². The summed E-state index contributed by atoms with van der Waals surface area (Å²) in [4.78, 5) is 4.56. The molecular formula is C21H29FIN3O3. The second-order valence-electron chi connectivity index (χ2n) is 6.19. The Morgan fingerprint density at radius 2 is 1.86 bits per heavy atom. The van der Waals surface area contributed by atoms with Crippen molar-refractivity contribution in [3.05, 3.63) is 53.8 Å². The van der Waals surface area contributed by atoms with Crippen LogP contribution >= 0.6 is 24.0 Å². The number of guanidine groups is 1. The van der Waals surface area contributed by atoms with Crippen molar-refractivity contribution in [2.75, 3.05) is 19.7 Å². The number of benzene rings is 2. The quantitative estimate of drug-likeness (QED) is 0.266. The molecule has 0 aliphatic heterocycles. The van der Waals surface area contributed by atoms with E-state index < -0.39 is 0 Å². The summed E-state index contributed by atoms with van der Waals surface area (Å²) in [6.07, 6.45) is -0.132. The number of phenols is 1. The summed E-state index contributed by atoms with van der Waals surface area (Å²) in [7, 11) is 0. The number of hydrogen-bond donors (Lipinski definition) is 3. The molecule has 2 rings (SSSR count). The molecule has 0 aliphatic rings. The van der Waals surface area contributed by atoms with Crippen LogP contribution in [0.3, 0.4) is 0 Å². The standard InChI is InChI=1S/C21H28FN3O3.HI/c1-4-23-21(24-13-15(3)28-18-9-7-17(22)8-10-18)25-14-16-6-11-19(26)20(12-16)27-5-2;/h6-12,15,26H,4-5,13-14H2,1-3H3,(H2,23,24,25);1H. The highest BCUT2D eigenvalue weighted by Gasteiger charge is 2.07. The molecule has 0 radical (unpaired) electrons. The van der Waals surface area contributed by atoms with E-state index in [1.54, 1.807) is 24.3 Å². The average Bonchev–Trinajstić information content (AvgIpc) is 2.68. The molecule has 1 unspecified atom stereocenters. The minimum Gasteiger partial charge on any atom is -0.504 e. The van der Waals surface area contributed by atoms with E-state index in [1.807, 2.05) is 26.8 Å². The first-order chi connectivity index (χ1) is 13.5. The maximum absolute atomic E-state index is 13.0. The minimum atomic E-state index is -0.290. The molecule has 0 saturated carbocycles. The number of halogens is 2. The van der Waals surface area contributed by atoms with Crippen LogP contribution in [0.2, 0.25) is 0 Å². The topological polar surface area (TPSA) is 75.1 Å². The fourth-order valence-electron chi connectivity index (χ4n) is 2.47. The number of aliphatic imine (C=N–C) groups is 1. The second kappa shape index (κ2) is 13.1. The van der Waals surface area contributed by atoms with Crippen molar-refractivity contribution in [1.82, 2.24) is 10.6 Å². The zero-order chi connectivity index (χ0) is 20.4. The molecule has 29 heavy (non-hydrogen) atoms. The van der Waals surface area contributed by atoms with E-state index in [4.69, 9.17) is 9.47 Å². The summed E-state index contributed by atoms with van der Waals surface area (Å²) in [5.74, 6) is 1.55. The molecule has 2 aromatic carbocycles. The lowest BCUT2D eigenvalue weighted by atomic mass is 10.2. The number of rotatable bonds is 9. The molecule has 0 aromatic heterocycles. The van der Waals surface area contributed by atoms with E-state index in [2.05, 4.69) is 15.6 Å². The Hall–Kier alpha value is -2.23. The molecule has 0 fully saturated rings. The van der Waals surface area contributed by atoms with Gasteiger partial charge in [0, 0.05) is 6.54 Å². The van der Waals surface area contributed by atoms with Gasteiger partial charge in [-0.2, -0.15) is 0 Å². The number of ether oxygens (including phenoxy) is 2. The predicted octanol–water partition coefficient (Wildman–Crippen LogP) is 4.07. The summed E-state index contributed by atoms with van der Waals surface area (Å²) in [6, 6.07) is 11.1. The van der Waals surface area contributed by atoms with Crippen molar-refractivity contribution in [1.29, 1.82) is 0 Å². The van der Waals surface area contributed by atoms with Gasteiger partial charge in [-0.15, -0.1) is 24.0 Å². The van der Waals surface area contributed by atoms with Gasteiger partial charge in [-0.1, -0.05) is 6.07 Å². The number of nitrogens with zero attached hydrogens (tertiary/aromatic N) is 1. The molecule has 0 saturated heterocycles. The Labute approximate surface area is 188 Å². The Bertz CT molecular complexity index is 772. The minimum absolute atomic E-state index is 0. The van der Waals surface area contributed by atoms with E-state index in [9.17, 15) is 9.50 Å². The van der Waals surface area contributed by atoms with Crippen molar-refractivity contribution >= 4 is 29.9 Å². The van der Waals surface area contributed by atoms with E-state index in [0.29, 0.717) is 37.2 Å². The molecule has 3 N–H and O–H groups in total. The van der Waals surface area contributed by atoms with Crippen molar-refractivity contribution in [3.63, 3.8) is 0 Å². The fraction of sp³-hybridized carbons (Fsp3) is 0.381. The first-order valence-corrected chi connectivity index (χ1v) is 9.40. The maximum Gasteiger partial charge on any atom is 0.191 e. The van der Waals surface area contributed by atoms with Crippen LogP contribution in [0.1, 0.15) is 26.3 Å². The van der Waals surface area contributed by atoms with Crippen LogP contribution in [0.25, 0.3) is 0 Å². The number of phenolic OH excluding ortho intramolecular Hbond substituents is 1. The molecule has 6 nitrogen and oxygen atoms in total. The van der Waals surface area contributed by atoms with Crippen molar-refractivity contribution in [2.45, 2.75) is 33.4 Å². The van der Waals surface area contributed by atoms with Crippen LogP contribution in [-0.2, 0) is 6.54 Å². The van der Waals surface area contributed by atoms with Gasteiger partial charge in [0.1, 0.15) is 17.7 Å². The summed E-state index contributed by atoms with van der Waals surface area (Å²) >= 11 is 0. The summed E-state index contributed by atoms with van der Waals surface area (Å²) in [5, 5.41) is 16.2. The Balaban J connectivity index is 0.00000420. The number of aromatic hydroxyl groups is 1. The monoisotopic (exact) mass is 517 g/mol. The van der Waals surface area contributed by atoms with Gasteiger partial charge in [-0.25, -0.2) is 9.38 Å². The molecule has 8 heteroatoms. The van der Waals surface area contributed by atoms with Crippen molar-refractivity contribution < 1.29 is 19.0 Å². The number of nitrogens with one attached hydrogen (secondary N) is 2. The summed E-state index contributed by atoms with van der Waals surface area (Å²) in [5.41, 5.74) is 0.925. The molecular weight excluding hydrogens is 488 g/mol. The van der Waals surface area contributed by atoms with Gasteiger partial charge in [0.2, 0.25) is 0 Å². The lowest BCUT2D eigenvalue weighted by molar-refractivity contribution is 0.223. The third-order valence-corrected chi connectivity index (χ3v) is 3.80. The first kappa shape index (κ1) is 24.8. The molecule has 2 aromatic rings. The van der Waals surface area contributed by atoms with E-state index >= 15 is 0 Å². The lowest BCUT2D eigenvalue weighted by Crippen LogP contribution is -2.41. The molecule has 1 atom stereocenters. The molecule has 0 bridgehead atoms. The summed E-state index contributed by atoms with van der Waals surface area (Å²) in [6.45, 7) is 7.95. The van der Waals surface area contributed by atoms with Crippen LogP contribution in [0.5, 0.6) is 17.2 Å². The van der Waals surface area contributed by atoms with Gasteiger partial charge >= 0.3 is 0 Å². The highest BCUT2D eigenvalue weighted by atomic mass is 127. The third-order valence-electron chi connectivity index (χ3n) is 3.80. The van der Waals surface area contributed by atoms with Gasteiger partial charge in [0.15, 0.2) is 17.5 Å². The van der Waals surface area contributed by atoms with Gasteiger partial charge < -0.3 is 25.2 Å².